The van der Waals surface area contributed by atoms with Gasteiger partial charge in [-0.05, 0) is 25.3 Å². The van der Waals surface area contributed by atoms with Crippen molar-refractivity contribution >= 4 is 5.91 Å². The van der Waals surface area contributed by atoms with E-state index in [-0.39, 0.29) is 12.3 Å². The van der Waals surface area contributed by atoms with Crippen LogP contribution in [0.4, 0.5) is 0 Å². The average molecular weight is 272 g/mol. The van der Waals surface area contributed by atoms with Gasteiger partial charge in [0.15, 0.2) is 0 Å². The van der Waals surface area contributed by atoms with Gasteiger partial charge in [0.25, 0.3) is 0 Å². The summed E-state index contributed by atoms with van der Waals surface area (Å²) in [5.74, 6) is -0.275. The van der Waals surface area contributed by atoms with Gasteiger partial charge in [0.05, 0.1) is 25.7 Å². The molecular formula is C14H28N2O3. The minimum Gasteiger partial charge on any atom is -0.392 e. The number of carbonyl (C=O) groups is 1. The van der Waals surface area contributed by atoms with Crippen LogP contribution in [0.25, 0.3) is 0 Å². The SMILES string of the molecule is C[C@H](CCCCCN1CCOCC1)[C@@H](O)CC(N)=O. The van der Waals surface area contributed by atoms with Crippen LogP contribution in [0.2, 0.25) is 0 Å². The number of nitrogens with two attached hydrogens (primary N) is 1. The number of ether oxygens (including phenoxy) is 1. The molecular weight excluding hydrogens is 244 g/mol. The molecule has 1 rings (SSSR count). The van der Waals surface area contributed by atoms with Crippen molar-refractivity contribution in [2.75, 3.05) is 32.8 Å². The van der Waals surface area contributed by atoms with Crippen LogP contribution in [0.3, 0.4) is 0 Å². The zero-order valence-corrected chi connectivity index (χ0v) is 12.0. The van der Waals surface area contributed by atoms with Gasteiger partial charge in [-0.2, -0.15) is 0 Å². The van der Waals surface area contributed by atoms with E-state index in [1.807, 2.05) is 6.92 Å². The summed E-state index contributed by atoms with van der Waals surface area (Å²) >= 11 is 0. The molecule has 0 unspecified atom stereocenters. The molecule has 3 N–H and O–H groups in total. The lowest BCUT2D eigenvalue weighted by atomic mass is 9.95. The minimum atomic E-state index is -0.586. The van der Waals surface area contributed by atoms with Gasteiger partial charge in [0.2, 0.25) is 5.91 Å². The Morgan fingerprint density at radius 2 is 2.00 bits per heavy atom. The number of aliphatic hydroxyl groups is 1. The van der Waals surface area contributed by atoms with E-state index in [1.54, 1.807) is 0 Å². The third-order valence-electron chi connectivity index (χ3n) is 3.80. The second kappa shape index (κ2) is 9.28. The first kappa shape index (κ1) is 16.4. The van der Waals surface area contributed by atoms with Gasteiger partial charge in [0.1, 0.15) is 0 Å². The number of unbranched alkanes of at least 4 members (excludes halogenated alkanes) is 2. The van der Waals surface area contributed by atoms with Crippen LogP contribution in [0.15, 0.2) is 0 Å². The molecule has 1 fully saturated rings. The number of hydrogen-bond donors (Lipinski definition) is 2. The van der Waals surface area contributed by atoms with E-state index in [0.29, 0.717) is 0 Å². The van der Waals surface area contributed by atoms with Crippen molar-refractivity contribution in [3.05, 3.63) is 0 Å². The minimum absolute atomic E-state index is 0.0783. The van der Waals surface area contributed by atoms with Crippen molar-refractivity contribution in [2.24, 2.45) is 11.7 Å². The number of rotatable bonds is 9. The van der Waals surface area contributed by atoms with E-state index in [2.05, 4.69) is 4.90 Å². The Kier molecular flexibility index (Phi) is 8.02. The molecule has 0 aromatic carbocycles. The van der Waals surface area contributed by atoms with Crippen LogP contribution >= 0.6 is 0 Å². The maximum absolute atomic E-state index is 10.7. The first-order valence-electron chi connectivity index (χ1n) is 7.36. The van der Waals surface area contributed by atoms with Crippen molar-refractivity contribution < 1.29 is 14.6 Å². The lowest BCUT2D eigenvalue weighted by molar-refractivity contribution is -0.120. The Hall–Kier alpha value is -0.650. The van der Waals surface area contributed by atoms with Crippen molar-refractivity contribution in [2.45, 2.75) is 45.1 Å². The Balaban J connectivity index is 1.98. The molecule has 1 saturated heterocycles. The molecule has 1 aliphatic rings. The van der Waals surface area contributed by atoms with Crippen molar-refractivity contribution in [3.63, 3.8) is 0 Å². The van der Waals surface area contributed by atoms with Crippen molar-refractivity contribution in [1.29, 1.82) is 0 Å². The third kappa shape index (κ3) is 7.50. The van der Waals surface area contributed by atoms with Crippen molar-refractivity contribution in [1.82, 2.24) is 4.90 Å². The number of nitrogens with zero attached hydrogens (tertiary/aromatic N) is 1. The predicted octanol–water partition coefficient (Wildman–Crippen LogP) is 0.751. The Bertz CT molecular complexity index is 255. The van der Waals surface area contributed by atoms with Gasteiger partial charge in [0, 0.05) is 13.1 Å². The molecule has 0 saturated carbocycles. The number of morpholine rings is 1. The summed E-state index contributed by atoms with van der Waals surface area (Å²) in [5.41, 5.74) is 5.08. The van der Waals surface area contributed by atoms with Gasteiger partial charge in [-0.1, -0.05) is 19.8 Å². The number of primary amides is 1. The summed E-state index contributed by atoms with van der Waals surface area (Å²) in [7, 11) is 0. The monoisotopic (exact) mass is 272 g/mol. The van der Waals surface area contributed by atoms with Gasteiger partial charge >= 0.3 is 0 Å². The molecule has 0 aliphatic carbocycles. The lowest BCUT2D eigenvalue weighted by Crippen LogP contribution is -2.36. The molecule has 0 aromatic rings. The molecule has 1 heterocycles. The number of amides is 1. The molecule has 0 radical (unpaired) electrons. The topological polar surface area (TPSA) is 75.8 Å². The zero-order chi connectivity index (χ0) is 14.1. The summed E-state index contributed by atoms with van der Waals surface area (Å²) in [5, 5.41) is 9.73. The molecule has 5 heteroatoms. The van der Waals surface area contributed by atoms with E-state index in [1.165, 1.54) is 12.8 Å². The fourth-order valence-corrected chi connectivity index (χ4v) is 2.40. The second-order valence-corrected chi connectivity index (χ2v) is 5.52. The van der Waals surface area contributed by atoms with Crippen LogP contribution in [-0.2, 0) is 9.53 Å². The van der Waals surface area contributed by atoms with Crippen LogP contribution in [0, 0.1) is 5.92 Å². The van der Waals surface area contributed by atoms with E-state index >= 15 is 0 Å². The smallest absolute Gasteiger partial charge is 0.220 e. The maximum atomic E-state index is 10.7. The summed E-state index contributed by atoms with van der Waals surface area (Å²) in [6.07, 6.45) is 3.91. The molecule has 112 valence electrons. The van der Waals surface area contributed by atoms with E-state index in [0.717, 1.165) is 45.7 Å². The highest BCUT2D eigenvalue weighted by atomic mass is 16.5. The molecule has 2 atom stereocenters. The highest BCUT2D eigenvalue weighted by Gasteiger charge is 2.16. The lowest BCUT2D eigenvalue weighted by Gasteiger charge is -2.26. The summed E-state index contributed by atoms with van der Waals surface area (Å²) in [4.78, 5) is 13.2. The summed E-state index contributed by atoms with van der Waals surface area (Å²) in [6.45, 7) is 6.94. The molecule has 0 aromatic heterocycles. The predicted molar refractivity (Wildman–Crippen MR) is 74.7 cm³/mol. The molecule has 1 amide bonds. The maximum Gasteiger partial charge on any atom is 0.220 e. The number of hydrogen-bond acceptors (Lipinski definition) is 4. The van der Waals surface area contributed by atoms with Gasteiger partial charge in [-0.15, -0.1) is 0 Å². The average Bonchev–Trinajstić information content (AvgIpc) is 2.38. The van der Waals surface area contributed by atoms with Gasteiger partial charge < -0.3 is 15.6 Å². The highest BCUT2D eigenvalue weighted by Crippen LogP contribution is 2.15. The molecule has 5 nitrogen and oxygen atoms in total. The number of carbonyl (C=O) groups excluding carboxylic acids is 1. The second-order valence-electron chi connectivity index (χ2n) is 5.52. The summed E-state index contributed by atoms with van der Waals surface area (Å²) < 4.78 is 5.31. The quantitative estimate of drug-likeness (QED) is 0.607. The van der Waals surface area contributed by atoms with E-state index < -0.39 is 12.0 Å². The fraction of sp³-hybridized carbons (Fsp3) is 0.929. The molecule has 19 heavy (non-hydrogen) atoms. The van der Waals surface area contributed by atoms with Crippen LogP contribution in [0.5, 0.6) is 0 Å². The van der Waals surface area contributed by atoms with Crippen LogP contribution < -0.4 is 5.73 Å². The first-order chi connectivity index (χ1) is 9.09. The Morgan fingerprint density at radius 1 is 1.32 bits per heavy atom. The number of aliphatic hydroxyl groups excluding tert-OH is 1. The van der Waals surface area contributed by atoms with Crippen LogP contribution in [-0.4, -0.2) is 54.9 Å². The largest absolute Gasteiger partial charge is 0.392 e. The molecule has 1 aliphatic heterocycles. The summed E-state index contributed by atoms with van der Waals surface area (Å²) in [6, 6.07) is 0. The molecule has 0 spiro atoms. The fourth-order valence-electron chi connectivity index (χ4n) is 2.40. The van der Waals surface area contributed by atoms with Crippen molar-refractivity contribution in [3.8, 4) is 0 Å². The van der Waals surface area contributed by atoms with Gasteiger partial charge in [-0.3, -0.25) is 9.69 Å². The first-order valence-corrected chi connectivity index (χ1v) is 7.36. The third-order valence-corrected chi connectivity index (χ3v) is 3.80. The molecule has 0 bridgehead atoms. The normalized spacial score (nSPS) is 20.1. The van der Waals surface area contributed by atoms with Crippen LogP contribution in [0.1, 0.15) is 39.0 Å². The highest BCUT2D eigenvalue weighted by molar-refractivity contribution is 5.74. The van der Waals surface area contributed by atoms with E-state index in [9.17, 15) is 9.90 Å². The standard InChI is InChI=1S/C14H28N2O3/c1-12(13(17)11-14(15)18)5-3-2-4-6-16-7-9-19-10-8-16/h12-13,17H,2-11H2,1H3,(H2,15,18)/t12-,13+/m1/s1. The Labute approximate surface area is 116 Å². The zero-order valence-electron chi connectivity index (χ0n) is 12.0. The van der Waals surface area contributed by atoms with Gasteiger partial charge in [-0.25, -0.2) is 0 Å². The van der Waals surface area contributed by atoms with E-state index in [4.69, 9.17) is 10.5 Å². The Morgan fingerprint density at radius 3 is 2.63 bits per heavy atom.